The van der Waals surface area contributed by atoms with E-state index in [1.807, 2.05) is 0 Å². The molecule has 1 aliphatic rings. The van der Waals surface area contributed by atoms with Crippen LogP contribution in [-0.2, 0) is 4.74 Å². The van der Waals surface area contributed by atoms with E-state index in [9.17, 15) is 14.4 Å². The largest absolute Gasteiger partial charge is 0.478 e. The highest BCUT2D eigenvalue weighted by atomic mass is 16.6. The van der Waals surface area contributed by atoms with E-state index < -0.39 is 17.9 Å². The molecule has 0 aromatic heterocycles. The minimum atomic E-state index is -0.879. The Morgan fingerprint density at radius 1 is 0.800 bits per heavy atom. The van der Waals surface area contributed by atoms with E-state index in [4.69, 9.17) is 5.11 Å². The normalized spacial score (nSPS) is 12.0. The van der Waals surface area contributed by atoms with E-state index in [1.54, 1.807) is 54.6 Å². The minimum absolute atomic E-state index is 0.331. The van der Waals surface area contributed by atoms with Gasteiger partial charge >= 0.3 is 17.9 Å². The average Bonchev–Trinajstić information content (AvgIpc) is 2.76. The van der Waals surface area contributed by atoms with Crippen molar-refractivity contribution >= 4 is 17.9 Å². The molecule has 3 rings (SSSR count). The Morgan fingerprint density at radius 2 is 1.25 bits per heavy atom. The number of carboxylic acid groups (broad SMARTS) is 1. The number of ether oxygens (including phenoxy) is 1. The van der Waals surface area contributed by atoms with Crippen molar-refractivity contribution in [3.63, 3.8) is 0 Å². The lowest BCUT2D eigenvalue weighted by Crippen LogP contribution is -1.96. The lowest BCUT2D eigenvalue weighted by Gasteiger charge is -1.88. The van der Waals surface area contributed by atoms with Gasteiger partial charge in [0.25, 0.3) is 0 Å². The maximum atomic E-state index is 10.8. The summed E-state index contributed by atoms with van der Waals surface area (Å²) in [6.45, 7) is 0. The van der Waals surface area contributed by atoms with Crippen molar-refractivity contribution in [1.82, 2.24) is 0 Å². The van der Waals surface area contributed by atoms with E-state index in [0.717, 1.165) is 0 Å². The number of hydrogen-bond acceptors (Lipinski definition) is 4. The number of cyclic esters (lactones) is 2. The molecule has 0 aliphatic carbocycles. The average molecular weight is 270 g/mol. The van der Waals surface area contributed by atoms with Crippen LogP contribution in [0.25, 0.3) is 0 Å². The first-order valence-electron chi connectivity index (χ1n) is 5.73. The van der Waals surface area contributed by atoms with Crippen molar-refractivity contribution in [2.45, 2.75) is 0 Å². The second-order valence-corrected chi connectivity index (χ2v) is 3.89. The number of carboxylic acids is 1. The van der Waals surface area contributed by atoms with Crippen LogP contribution in [0.15, 0.2) is 54.6 Å². The Balaban J connectivity index is 0.000000151. The highest BCUT2D eigenvalue weighted by molar-refractivity contribution is 6.14. The quantitative estimate of drug-likeness (QED) is 0.635. The number of esters is 2. The summed E-state index contributed by atoms with van der Waals surface area (Å²) in [7, 11) is 0. The summed E-state index contributed by atoms with van der Waals surface area (Å²) in [6.07, 6.45) is 0. The topological polar surface area (TPSA) is 80.7 Å². The van der Waals surface area contributed by atoms with Gasteiger partial charge in [0.05, 0.1) is 16.7 Å². The molecular weight excluding hydrogens is 260 g/mol. The molecule has 1 N–H and O–H groups in total. The summed E-state index contributed by atoms with van der Waals surface area (Å²) >= 11 is 0. The molecule has 0 radical (unpaired) electrons. The molecule has 0 unspecified atom stereocenters. The summed E-state index contributed by atoms with van der Waals surface area (Å²) in [6, 6.07) is 14.8. The number of aromatic carboxylic acids is 1. The molecule has 1 aliphatic heterocycles. The Bertz CT molecular complexity index is 628. The third-order valence-corrected chi connectivity index (χ3v) is 2.57. The zero-order valence-corrected chi connectivity index (χ0v) is 10.3. The summed E-state index contributed by atoms with van der Waals surface area (Å²) < 4.78 is 4.35. The van der Waals surface area contributed by atoms with E-state index in [2.05, 4.69) is 4.74 Å². The van der Waals surface area contributed by atoms with Crippen LogP contribution in [0.3, 0.4) is 0 Å². The maximum Gasteiger partial charge on any atom is 0.346 e. The number of rotatable bonds is 1. The predicted octanol–water partition coefficient (Wildman–Crippen LogP) is 2.38. The minimum Gasteiger partial charge on any atom is -0.478 e. The molecule has 5 nitrogen and oxygen atoms in total. The van der Waals surface area contributed by atoms with Gasteiger partial charge in [0, 0.05) is 0 Å². The summed E-state index contributed by atoms with van der Waals surface area (Å²) in [4.78, 5) is 31.9. The molecule has 0 fully saturated rings. The number of fused-ring (bicyclic) bond motifs is 1. The van der Waals surface area contributed by atoms with Crippen LogP contribution < -0.4 is 0 Å². The molecule has 0 spiro atoms. The zero-order chi connectivity index (χ0) is 14.5. The second-order valence-electron chi connectivity index (χ2n) is 3.89. The van der Waals surface area contributed by atoms with E-state index >= 15 is 0 Å². The highest BCUT2D eigenvalue weighted by Gasteiger charge is 2.28. The van der Waals surface area contributed by atoms with E-state index in [-0.39, 0.29) is 0 Å². The monoisotopic (exact) mass is 270 g/mol. The third-order valence-electron chi connectivity index (χ3n) is 2.57. The fraction of sp³-hybridized carbons (Fsp3) is 0. The van der Waals surface area contributed by atoms with Crippen LogP contribution >= 0.6 is 0 Å². The maximum absolute atomic E-state index is 10.8. The first-order valence-corrected chi connectivity index (χ1v) is 5.73. The Morgan fingerprint density at radius 3 is 1.65 bits per heavy atom. The molecule has 0 saturated heterocycles. The van der Waals surface area contributed by atoms with Gasteiger partial charge in [-0.2, -0.15) is 0 Å². The SMILES string of the molecule is O=C(O)c1ccccc1.O=C1OC(=O)c2ccccc21. The van der Waals surface area contributed by atoms with Crippen LogP contribution in [-0.4, -0.2) is 23.0 Å². The van der Waals surface area contributed by atoms with Crippen LogP contribution in [0.4, 0.5) is 0 Å². The van der Waals surface area contributed by atoms with Gasteiger partial charge in [-0.25, -0.2) is 14.4 Å². The van der Waals surface area contributed by atoms with Crippen LogP contribution in [0.2, 0.25) is 0 Å². The Labute approximate surface area is 114 Å². The molecule has 5 heteroatoms. The molecule has 20 heavy (non-hydrogen) atoms. The molecule has 2 aromatic carbocycles. The number of hydrogen-bond donors (Lipinski definition) is 1. The van der Waals surface area contributed by atoms with Crippen molar-refractivity contribution in [2.75, 3.05) is 0 Å². The number of carbonyl (C=O) groups is 3. The van der Waals surface area contributed by atoms with Gasteiger partial charge in [-0.15, -0.1) is 0 Å². The Kier molecular flexibility index (Phi) is 3.91. The summed E-state index contributed by atoms with van der Waals surface area (Å²) in [5.41, 5.74) is 1.05. The second kappa shape index (κ2) is 5.79. The zero-order valence-electron chi connectivity index (χ0n) is 10.3. The van der Waals surface area contributed by atoms with Crippen molar-refractivity contribution in [1.29, 1.82) is 0 Å². The highest BCUT2D eigenvalue weighted by Crippen LogP contribution is 2.18. The van der Waals surface area contributed by atoms with Gasteiger partial charge in [0.15, 0.2) is 0 Å². The fourth-order valence-electron chi connectivity index (χ4n) is 1.61. The molecule has 1 heterocycles. The molecule has 0 amide bonds. The van der Waals surface area contributed by atoms with E-state index in [1.165, 1.54) is 0 Å². The Hall–Kier alpha value is -2.95. The van der Waals surface area contributed by atoms with Gasteiger partial charge in [-0.1, -0.05) is 30.3 Å². The third kappa shape index (κ3) is 2.89. The van der Waals surface area contributed by atoms with Gasteiger partial charge in [-0.05, 0) is 24.3 Å². The standard InChI is InChI=1S/C8H4O3.C7H6O2/c9-7-5-3-1-2-4-6(5)8(10)11-7;8-7(9)6-4-2-1-3-5-6/h1-4H;1-5H,(H,8,9). The van der Waals surface area contributed by atoms with Gasteiger partial charge < -0.3 is 9.84 Å². The lowest BCUT2D eigenvalue weighted by molar-refractivity contribution is 0.0443. The van der Waals surface area contributed by atoms with Crippen molar-refractivity contribution in [3.05, 3.63) is 71.3 Å². The number of benzene rings is 2. The van der Waals surface area contributed by atoms with Crippen molar-refractivity contribution in [2.24, 2.45) is 0 Å². The molecule has 100 valence electrons. The van der Waals surface area contributed by atoms with Crippen LogP contribution in [0.5, 0.6) is 0 Å². The van der Waals surface area contributed by atoms with Gasteiger partial charge in [-0.3, -0.25) is 0 Å². The fourth-order valence-corrected chi connectivity index (χ4v) is 1.61. The molecular formula is C15H10O5. The molecule has 0 atom stereocenters. The van der Waals surface area contributed by atoms with Crippen molar-refractivity contribution in [3.8, 4) is 0 Å². The lowest BCUT2D eigenvalue weighted by atomic mass is 10.1. The molecule has 0 bridgehead atoms. The van der Waals surface area contributed by atoms with Crippen LogP contribution in [0.1, 0.15) is 31.1 Å². The summed E-state index contributed by atoms with van der Waals surface area (Å²) in [5.74, 6) is -1.98. The van der Waals surface area contributed by atoms with Gasteiger partial charge in [0.2, 0.25) is 0 Å². The first-order chi connectivity index (χ1) is 9.59. The van der Waals surface area contributed by atoms with Crippen LogP contribution in [0, 0.1) is 0 Å². The van der Waals surface area contributed by atoms with Gasteiger partial charge in [0.1, 0.15) is 0 Å². The summed E-state index contributed by atoms with van der Waals surface area (Å²) in [5, 5.41) is 8.38. The first kappa shape index (κ1) is 13.5. The smallest absolute Gasteiger partial charge is 0.346 e. The molecule has 0 saturated carbocycles. The van der Waals surface area contributed by atoms with E-state index in [0.29, 0.717) is 16.7 Å². The van der Waals surface area contributed by atoms with Crippen molar-refractivity contribution < 1.29 is 24.2 Å². The number of carbonyl (C=O) groups excluding carboxylic acids is 2. The molecule has 2 aromatic rings. The predicted molar refractivity (Wildman–Crippen MR) is 69.6 cm³/mol.